The fourth-order valence-corrected chi connectivity index (χ4v) is 5.30. The monoisotopic (exact) mass is 460 g/mol. The molecular weight excluding hydrogens is 432 g/mol. The van der Waals surface area contributed by atoms with Gasteiger partial charge in [0, 0.05) is 57.3 Å². The van der Waals surface area contributed by atoms with Crippen LogP contribution in [0.2, 0.25) is 0 Å². The molecule has 1 atom stereocenters. The van der Waals surface area contributed by atoms with Crippen molar-refractivity contribution >= 4 is 27.6 Å². The van der Waals surface area contributed by atoms with Crippen LogP contribution >= 0.6 is 0 Å². The average molecular weight is 461 g/mol. The Morgan fingerprint density at radius 2 is 1.72 bits per heavy atom. The van der Waals surface area contributed by atoms with Gasteiger partial charge >= 0.3 is 0 Å². The van der Waals surface area contributed by atoms with Crippen molar-refractivity contribution in [3.63, 3.8) is 0 Å². The van der Waals surface area contributed by atoms with Gasteiger partial charge in [-0.15, -0.1) is 0 Å². The number of nitrogens with zero attached hydrogens (tertiary/aromatic N) is 5. The van der Waals surface area contributed by atoms with E-state index in [1.165, 1.54) is 10.4 Å². The SMILES string of the molecule is CC(C(=O)Nc1cccc(S(=O)(=O)N2CCOCC2)c1)N1CCN(c2ncccn2)CC1. The molecule has 1 aromatic carbocycles. The fraction of sp³-hybridized carbons (Fsp3) is 0.476. The molecule has 1 N–H and O–H groups in total. The van der Waals surface area contributed by atoms with Gasteiger partial charge in [-0.1, -0.05) is 6.07 Å². The quantitative estimate of drug-likeness (QED) is 0.669. The molecule has 0 aliphatic carbocycles. The first-order chi connectivity index (χ1) is 15.4. The van der Waals surface area contributed by atoms with Gasteiger partial charge in [0.15, 0.2) is 0 Å². The van der Waals surface area contributed by atoms with Crippen LogP contribution in [-0.2, 0) is 19.6 Å². The van der Waals surface area contributed by atoms with Crippen molar-refractivity contribution in [2.45, 2.75) is 17.9 Å². The Labute approximate surface area is 188 Å². The smallest absolute Gasteiger partial charge is 0.243 e. The highest BCUT2D eigenvalue weighted by atomic mass is 32.2. The van der Waals surface area contributed by atoms with Gasteiger partial charge in [0.05, 0.1) is 24.2 Å². The van der Waals surface area contributed by atoms with E-state index in [1.54, 1.807) is 36.7 Å². The molecule has 2 saturated heterocycles. The van der Waals surface area contributed by atoms with Crippen LogP contribution in [0.15, 0.2) is 47.6 Å². The third-order valence-corrected chi connectivity index (χ3v) is 7.68. The standard InChI is InChI=1S/C21H28N6O4S/c1-17(25-8-10-26(11-9-25)21-22-6-3-7-23-21)20(28)24-18-4-2-5-19(16-18)32(29,30)27-12-14-31-15-13-27/h2-7,16-17H,8-15H2,1H3,(H,24,28). The number of hydrogen-bond acceptors (Lipinski definition) is 8. The number of hydrogen-bond donors (Lipinski definition) is 1. The van der Waals surface area contributed by atoms with Crippen LogP contribution in [0, 0.1) is 0 Å². The van der Waals surface area contributed by atoms with E-state index in [-0.39, 0.29) is 16.8 Å². The summed E-state index contributed by atoms with van der Waals surface area (Å²) >= 11 is 0. The van der Waals surface area contributed by atoms with Gasteiger partial charge in [0.2, 0.25) is 21.9 Å². The lowest BCUT2D eigenvalue weighted by atomic mass is 10.2. The van der Waals surface area contributed by atoms with Gasteiger partial charge in [-0.3, -0.25) is 9.69 Å². The number of benzene rings is 1. The van der Waals surface area contributed by atoms with Crippen LogP contribution in [0.1, 0.15) is 6.92 Å². The summed E-state index contributed by atoms with van der Waals surface area (Å²) < 4.78 is 32.4. The zero-order chi connectivity index (χ0) is 22.6. The predicted molar refractivity (Wildman–Crippen MR) is 120 cm³/mol. The van der Waals surface area contributed by atoms with Crippen LogP contribution in [-0.4, -0.2) is 92.0 Å². The first-order valence-corrected chi connectivity index (χ1v) is 12.1. The second kappa shape index (κ2) is 9.90. The van der Waals surface area contributed by atoms with E-state index in [4.69, 9.17) is 4.74 Å². The normalized spacial score (nSPS) is 19.5. The lowest BCUT2D eigenvalue weighted by Gasteiger charge is -2.37. The second-order valence-corrected chi connectivity index (χ2v) is 9.72. The summed E-state index contributed by atoms with van der Waals surface area (Å²) in [7, 11) is -3.62. The van der Waals surface area contributed by atoms with Crippen molar-refractivity contribution in [1.82, 2.24) is 19.2 Å². The maximum absolute atomic E-state index is 12.9. The minimum atomic E-state index is -3.62. The first-order valence-electron chi connectivity index (χ1n) is 10.7. The Balaban J connectivity index is 1.36. The topological polar surface area (TPSA) is 108 Å². The number of morpholine rings is 1. The van der Waals surface area contributed by atoms with Crippen molar-refractivity contribution < 1.29 is 17.9 Å². The van der Waals surface area contributed by atoms with E-state index < -0.39 is 10.0 Å². The van der Waals surface area contributed by atoms with Crippen molar-refractivity contribution in [2.75, 3.05) is 62.7 Å². The molecule has 2 aromatic rings. The summed E-state index contributed by atoms with van der Waals surface area (Å²) in [5.74, 6) is 0.526. The summed E-state index contributed by atoms with van der Waals surface area (Å²) in [5, 5.41) is 2.87. The lowest BCUT2D eigenvalue weighted by Crippen LogP contribution is -2.53. The Bertz CT molecular complexity index is 1020. The molecular formula is C21H28N6O4S. The number of nitrogens with one attached hydrogen (secondary N) is 1. The van der Waals surface area contributed by atoms with Crippen molar-refractivity contribution in [2.24, 2.45) is 0 Å². The van der Waals surface area contributed by atoms with Crippen molar-refractivity contribution in [3.8, 4) is 0 Å². The fourth-order valence-electron chi connectivity index (χ4n) is 3.85. The van der Waals surface area contributed by atoms with E-state index in [0.29, 0.717) is 51.0 Å². The Morgan fingerprint density at radius 1 is 1.03 bits per heavy atom. The molecule has 1 amide bonds. The molecule has 1 unspecified atom stereocenters. The maximum Gasteiger partial charge on any atom is 0.243 e. The maximum atomic E-state index is 12.9. The number of rotatable bonds is 6. The zero-order valence-corrected chi connectivity index (χ0v) is 18.9. The van der Waals surface area contributed by atoms with Crippen LogP contribution in [0.5, 0.6) is 0 Å². The number of piperazine rings is 1. The Morgan fingerprint density at radius 3 is 2.41 bits per heavy atom. The number of anilines is 2. The van der Waals surface area contributed by atoms with Crippen molar-refractivity contribution in [3.05, 3.63) is 42.7 Å². The van der Waals surface area contributed by atoms with E-state index >= 15 is 0 Å². The third-order valence-electron chi connectivity index (χ3n) is 5.79. The molecule has 172 valence electrons. The van der Waals surface area contributed by atoms with Gasteiger partial charge in [-0.05, 0) is 31.2 Å². The van der Waals surface area contributed by atoms with Gasteiger partial charge in [0.25, 0.3) is 0 Å². The Kier molecular flexibility index (Phi) is 6.99. The molecule has 3 heterocycles. The highest BCUT2D eigenvalue weighted by molar-refractivity contribution is 7.89. The molecule has 2 aliphatic heterocycles. The van der Waals surface area contributed by atoms with E-state index in [0.717, 1.165) is 13.1 Å². The first kappa shape index (κ1) is 22.6. The van der Waals surface area contributed by atoms with Crippen LogP contribution in [0.3, 0.4) is 0 Å². The summed E-state index contributed by atoms with van der Waals surface area (Å²) in [6, 6.07) is 7.84. The zero-order valence-electron chi connectivity index (χ0n) is 18.1. The molecule has 32 heavy (non-hydrogen) atoms. The van der Waals surface area contributed by atoms with E-state index in [9.17, 15) is 13.2 Å². The van der Waals surface area contributed by atoms with Crippen molar-refractivity contribution in [1.29, 1.82) is 0 Å². The highest BCUT2D eigenvalue weighted by Gasteiger charge is 2.28. The summed E-state index contributed by atoms with van der Waals surface area (Å²) in [6.07, 6.45) is 3.44. The van der Waals surface area contributed by atoms with Crippen LogP contribution < -0.4 is 10.2 Å². The molecule has 0 spiro atoms. The third kappa shape index (κ3) is 5.07. The average Bonchev–Trinajstić information content (AvgIpc) is 2.85. The molecule has 2 fully saturated rings. The minimum Gasteiger partial charge on any atom is -0.379 e. The number of ether oxygens (including phenoxy) is 1. The van der Waals surface area contributed by atoms with Gasteiger partial charge in [0.1, 0.15) is 0 Å². The molecule has 11 heteroatoms. The second-order valence-electron chi connectivity index (χ2n) is 7.78. The number of carbonyl (C=O) groups is 1. The Hall–Kier alpha value is -2.60. The summed E-state index contributed by atoms with van der Waals surface area (Å²) in [5.41, 5.74) is 0.465. The summed E-state index contributed by atoms with van der Waals surface area (Å²) in [4.78, 5) is 25.8. The number of aromatic nitrogens is 2. The number of amides is 1. The number of sulfonamides is 1. The molecule has 0 radical (unpaired) electrons. The molecule has 4 rings (SSSR count). The lowest BCUT2D eigenvalue weighted by molar-refractivity contribution is -0.120. The largest absolute Gasteiger partial charge is 0.379 e. The molecule has 10 nitrogen and oxygen atoms in total. The summed E-state index contributed by atoms with van der Waals surface area (Å²) in [6.45, 7) is 6.16. The molecule has 0 saturated carbocycles. The van der Waals surface area contributed by atoms with E-state index in [1.807, 2.05) is 6.92 Å². The van der Waals surface area contributed by atoms with Crippen LogP contribution in [0.25, 0.3) is 0 Å². The van der Waals surface area contributed by atoms with E-state index in [2.05, 4.69) is 25.1 Å². The van der Waals surface area contributed by atoms with Crippen LogP contribution in [0.4, 0.5) is 11.6 Å². The molecule has 2 aliphatic rings. The van der Waals surface area contributed by atoms with Gasteiger partial charge in [-0.2, -0.15) is 4.31 Å². The molecule has 0 bridgehead atoms. The minimum absolute atomic E-state index is 0.168. The number of carbonyl (C=O) groups excluding carboxylic acids is 1. The predicted octanol–water partition coefficient (Wildman–Crippen LogP) is 0.647. The van der Waals surface area contributed by atoms with Gasteiger partial charge in [-0.25, -0.2) is 18.4 Å². The van der Waals surface area contributed by atoms with Gasteiger partial charge < -0.3 is 15.0 Å². The highest BCUT2D eigenvalue weighted by Crippen LogP contribution is 2.21. The molecule has 1 aromatic heterocycles.